The lowest BCUT2D eigenvalue weighted by Crippen LogP contribution is -2.27. The normalized spacial score (nSPS) is 16.5. The summed E-state index contributed by atoms with van der Waals surface area (Å²) in [5.74, 6) is -1.72. The Bertz CT molecular complexity index is 1180. The molecule has 8 nitrogen and oxygen atoms in total. The van der Waals surface area contributed by atoms with Crippen molar-refractivity contribution in [2.45, 2.75) is 25.8 Å². The molecule has 2 aromatic rings. The molecule has 1 aliphatic rings. The molecule has 8 heteroatoms. The molecule has 0 fully saturated rings. The number of phenols is 1. The Morgan fingerprint density at radius 3 is 2.63 bits per heavy atom. The van der Waals surface area contributed by atoms with E-state index in [1.165, 1.54) is 39.3 Å². The predicted molar refractivity (Wildman–Crippen MR) is 111 cm³/mol. The molecule has 2 aromatic carbocycles. The average molecular weight is 415 g/mol. The van der Waals surface area contributed by atoms with Gasteiger partial charge in [0.05, 0.1) is 29.9 Å². The fourth-order valence-electron chi connectivity index (χ4n) is 3.79. The number of methoxy groups -OCH3 is 2. The van der Waals surface area contributed by atoms with Crippen molar-refractivity contribution < 1.29 is 28.3 Å². The number of hydrogen-bond acceptors (Lipinski definition) is 6. The molecule has 158 valence electrons. The zero-order valence-corrected chi connectivity index (χ0v) is 16.8. The Kier molecular flexibility index (Phi) is 4.87. The van der Waals surface area contributed by atoms with Crippen LogP contribution in [0.15, 0.2) is 29.1 Å². The molecule has 3 rings (SSSR count). The molecule has 1 aliphatic carbocycles. The summed E-state index contributed by atoms with van der Waals surface area (Å²) in [6, 6.07) is 4.98. The summed E-state index contributed by atoms with van der Waals surface area (Å²) < 4.78 is 32.8. The Balaban J connectivity index is 2.41. The third-order valence-corrected chi connectivity index (χ3v) is 5.08. The first kappa shape index (κ1) is 17.3. The second kappa shape index (κ2) is 8.44. The highest BCUT2D eigenvalue weighted by Crippen LogP contribution is 2.49. The predicted octanol–water partition coefficient (Wildman–Crippen LogP) is 1.92. The van der Waals surface area contributed by atoms with Crippen LogP contribution in [-0.2, 0) is 11.2 Å². The number of aromatic hydroxyl groups is 1. The van der Waals surface area contributed by atoms with Gasteiger partial charge in [-0.25, -0.2) is 0 Å². The minimum Gasteiger partial charge on any atom is -0.504 e. The fraction of sp³-hybridized carbons (Fsp3) is 0.318. The number of amides is 2. The molecule has 2 amide bonds. The highest BCUT2D eigenvalue weighted by atomic mass is 16.5. The summed E-state index contributed by atoms with van der Waals surface area (Å²) in [4.78, 5) is 37.0. The summed E-state index contributed by atoms with van der Waals surface area (Å²) in [7, 11) is -0.157. The van der Waals surface area contributed by atoms with Crippen LogP contribution >= 0.6 is 0 Å². The lowest BCUT2D eigenvalue weighted by Gasteiger charge is -2.18. The molecule has 1 atom stereocenters. The molecule has 0 saturated heterocycles. The highest BCUT2D eigenvalue weighted by molar-refractivity contribution is 5.94. The molecule has 0 spiro atoms. The van der Waals surface area contributed by atoms with Crippen LogP contribution in [0.5, 0.6) is 17.2 Å². The van der Waals surface area contributed by atoms with Gasteiger partial charge in [-0.1, -0.05) is 6.07 Å². The molecule has 0 saturated carbocycles. The van der Waals surface area contributed by atoms with Crippen LogP contribution in [0.3, 0.4) is 0 Å². The van der Waals surface area contributed by atoms with Crippen molar-refractivity contribution in [1.82, 2.24) is 10.6 Å². The van der Waals surface area contributed by atoms with E-state index in [4.69, 9.17) is 13.6 Å². The van der Waals surface area contributed by atoms with E-state index in [1.807, 2.05) is 0 Å². The second-order valence-corrected chi connectivity index (χ2v) is 6.89. The monoisotopic (exact) mass is 415 g/mol. The number of aryl methyl sites for hydroxylation is 1. The molecule has 30 heavy (non-hydrogen) atoms. The van der Waals surface area contributed by atoms with E-state index in [2.05, 4.69) is 10.6 Å². The van der Waals surface area contributed by atoms with Gasteiger partial charge in [-0.3, -0.25) is 14.4 Å². The maximum Gasteiger partial charge on any atom is 0.254 e. The van der Waals surface area contributed by atoms with E-state index in [9.17, 15) is 19.5 Å². The molecule has 0 radical (unpaired) electrons. The average Bonchev–Trinajstić information content (AvgIpc) is 2.96. The standard InChI is InChI=1S/C22H24N2O6/c1-11(25)24-16-8-5-12-9-18(27)20(29-3)21(30-4)19(12)13-6-7-14(22(28)23-2)17(26)10-15(13)16/h6-7,9-10,16,27H,5,8H2,1-4H3,(H,23,28)(H,24,25)/t16-/m0/s1/i3D3. The topological polar surface area (TPSA) is 114 Å². The number of benzene rings is 1. The fourth-order valence-corrected chi connectivity index (χ4v) is 3.79. The number of rotatable bonds is 4. The smallest absolute Gasteiger partial charge is 0.254 e. The number of ether oxygens (including phenoxy) is 2. The minimum atomic E-state index is -2.86. The van der Waals surface area contributed by atoms with Crippen molar-refractivity contribution >= 4 is 11.8 Å². The summed E-state index contributed by atoms with van der Waals surface area (Å²) in [5, 5.41) is 15.7. The number of phenolic OH excluding ortho intramolecular Hbond substituents is 1. The van der Waals surface area contributed by atoms with Gasteiger partial charge in [0.15, 0.2) is 16.9 Å². The Morgan fingerprint density at radius 1 is 1.23 bits per heavy atom. The second-order valence-electron chi connectivity index (χ2n) is 6.89. The van der Waals surface area contributed by atoms with Crippen molar-refractivity contribution in [3.63, 3.8) is 0 Å². The Labute approximate surface area is 178 Å². The van der Waals surface area contributed by atoms with Crippen LogP contribution in [-0.4, -0.2) is 38.1 Å². The number of nitrogens with one attached hydrogen (secondary N) is 2. The van der Waals surface area contributed by atoms with Gasteiger partial charge in [0.25, 0.3) is 5.91 Å². The number of carbonyl (C=O) groups is 2. The van der Waals surface area contributed by atoms with Crippen molar-refractivity contribution in [1.29, 1.82) is 0 Å². The molecule has 0 aromatic heterocycles. The SMILES string of the molecule is [2H]C([2H])([2H])Oc1c(O)cc2c(c1OC)-c1ccc(C(=O)NC)c(=O)cc1[C@@H](NC(C)=O)CC2. The molecule has 0 aliphatic heterocycles. The Hall–Kier alpha value is -3.55. The number of hydrogen-bond donors (Lipinski definition) is 3. The highest BCUT2D eigenvalue weighted by Gasteiger charge is 2.29. The van der Waals surface area contributed by atoms with E-state index < -0.39 is 30.2 Å². The summed E-state index contributed by atoms with van der Waals surface area (Å²) >= 11 is 0. The zero-order valence-electron chi connectivity index (χ0n) is 19.8. The van der Waals surface area contributed by atoms with Gasteiger partial charge in [0, 0.05) is 19.5 Å². The van der Waals surface area contributed by atoms with Crippen LogP contribution in [0, 0.1) is 0 Å². The minimum absolute atomic E-state index is 0.0361. The van der Waals surface area contributed by atoms with E-state index in [0.717, 1.165) is 0 Å². The first-order valence-electron chi connectivity index (χ1n) is 10.8. The summed E-state index contributed by atoms with van der Waals surface area (Å²) in [5.41, 5.74) is 1.19. The van der Waals surface area contributed by atoms with Gasteiger partial charge in [-0.15, -0.1) is 0 Å². The van der Waals surface area contributed by atoms with Gasteiger partial charge in [-0.05, 0) is 47.7 Å². The maximum atomic E-state index is 12.9. The summed E-state index contributed by atoms with van der Waals surface area (Å²) in [6.07, 6.45) is 0.744. The van der Waals surface area contributed by atoms with Crippen LogP contribution in [0.4, 0.5) is 0 Å². The van der Waals surface area contributed by atoms with Crippen molar-refractivity contribution in [2.75, 3.05) is 21.2 Å². The van der Waals surface area contributed by atoms with Crippen LogP contribution in [0.2, 0.25) is 0 Å². The molecular formula is C22H24N2O6. The van der Waals surface area contributed by atoms with Crippen LogP contribution in [0.1, 0.15) is 45.0 Å². The lowest BCUT2D eigenvalue weighted by atomic mass is 9.95. The van der Waals surface area contributed by atoms with Gasteiger partial charge in [-0.2, -0.15) is 0 Å². The van der Waals surface area contributed by atoms with Gasteiger partial charge >= 0.3 is 0 Å². The molecule has 0 unspecified atom stereocenters. The van der Waals surface area contributed by atoms with Crippen molar-refractivity contribution in [2.24, 2.45) is 0 Å². The third kappa shape index (κ3) is 3.68. The van der Waals surface area contributed by atoms with Crippen LogP contribution in [0.25, 0.3) is 11.1 Å². The maximum absolute atomic E-state index is 12.9. The zero-order chi connectivity index (χ0) is 24.5. The quantitative estimate of drug-likeness (QED) is 0.703. The van der Waals surface area contributed by atoms with Crippen molar-refractivity contribution in [3.05, 3.63) is 51.2 Å². The molecule has 0 heterocycles. The van der Waals surface area contributed by atoms with E-state index >= 15 is 0 Å². The number of fused-ring (bicyclic) bond motifs is 3. The first-order chi connectivity index (χ1) is 15.5. The summed E-state index contributed by atoms with van der Waals surface area (Å²) in [6.45, 7) is 1.35. The largest absolute Gasteiger partial charge is 0.504 e. The lowest BCUT2D eigenvalue weighted by molar-refractivity contribution is -0.119. The molecule has 3 N–H and O–H groups in total. The van der Waals surface area contributed by atoms with Gasteiger partial charge in [0.2, 0.25) is 11.7 Å². The van der Waals surface area contributed by atoms with Gasteiger partial charge < -0.3 is 25.2 Å². The van der Waals surface area contributed by atoms with E-state index in [1.54, 1.807) is 6.07 Å². The van der Waals surface area contributed by atoms with Crippen LogP contribution < -0.4 is 25.5 Å². The first-order valence-corrected chi connectivity index (χ1v) is 9.26. The van der Waals surface area contributed by atoms with Crippen molar-refractivity contribution in [3.8, 4) is 28.4 Å². The van der Waals surface area contributed by atoms with E-state index in [0.29, 0.717) is 35.1 Å². The van der Waals surface area contributed by atoms with E-state index in [-0.39, 0.29) is 23.0 Å². The molecule has 0 bridgehead atoms. The third-order valence-electron chi connectivity index (χ3n) is 5.08. The Morgan fingerprint density at radius 2 is 2.00 bits per heavy atom. The molecular weight excluding hydrogens is 388 g/mol. The number of carbonyl (C=O) groups excluding carboxylic acids is 2. The van der Waals surface area contributed by atoms with Gasteiger partial charge in [0.1, 0.15) is 0 Å².